The lowest BCUT2D eigenvalue weighted by atomic mass is 9.93. The zero-order chi connectivity index (χ0) is 25.9. The van der Waals surface area contributed by atoms with E-state index in [1.165, 1.54) is 0 Å². The van der Waals surface area contributed by atoms with Gasteiger partial charge in [-0.3, -0.25) is 9.59 Å². The summed E-state index contributed by atoms with van der Waals surface area (Å²) in [5, 5.41) is 20.6. The van der Waals surface area contributed by atoms with Crippen molar-refractivity contribution < 1.29 is 19.4 Å². The number of nitrogens with one attached hydrogen (secondary N) is 2. The van der Waals surface area contributed by atoms with Gasteiger partial charge in [-0.15, -0.1) is 0 Å². The predicted molar refractivity (Wildman–Crippen MR) is 138 cm³/mol. The molecule has 2 aromatic heterocycles. The molecule has 0 saturated heterocycles. The lowest BCUT2D eigenvalue weighted by Gasteiger charge is -2.20. The Balaban J connectivity index is 1.55. The first-order valence-corrected chi connectivity index (χ1v) is 11.6. The van der Waals surface area contributed by atoms with Crippen LogP contribution in [0.4, 0.5) is 5.69 Å². The van der Waals surface area contributed by atoms with Gasteiger partial charge < -0.3 is 20.5 Å². The van der Waals surface area contributed by atoms with E-state index in [-0.39, 0.29) is 29.6 Å². The van der Waals surface area contributed by atoms with Crippen LogP contribution in [-0.4, -0.2) is 45.4 Å². The molecular formula is C26H26ClN5O4. The zero-order valence-electron chi connectivity index (χ0n) is 20.1. The number of pyridine rings is 1. The summed E-state index contributed by atoms with van der Waals surface area (Å²) < 4.78 is 6.84. The fourth-order valence-corrected chi connectivity index (χ4v) is 3.73. The highest BCUT2D eigenvalue weighted by Gasteiger charge is 2.26. The van der Waals surface area contributed by atoms with Gasteiger partial charge in [0.15, 0.2) is 0 Å². The number of hydrogen-bond donors (Lipinski definition) is 3. The third-order valence-electron chi connectivity index (χ3n) is 5.77. The predicted octanol–water partition coefficient (Wildman–Crippen LogP) is 3.97. The number of carbonyl (C=O) groups is 2. The molecule has 36 heavy (non-hydrogen) atoms. The van der Waals surface area contributed by atoms with E-state index in [4.69, 9.17) is 16.3 Å². The number of aliphatic hydroxyl groups excluding tert-OH is 1. The maximum absolute atomic E-state index is 13.2. The number of aliphatic hydroxyl groups is 1. The summed E-state index contributed by atoms with van der Waals surface area (Å²) in [6.07, 6.45) is 3.33. The molecule has 0 radical (unpaired) electrons. The quantitative estimate of drug-likeness (QED) is 0.332. The average Bonchev–Trinajstić information content (AvgIpc) is 3.33. The Morgan fingerprint density at radius 3 is 2.64 bits per heavy atom. The molecule has 4 aromatic rings. The molecule has 0 aliphatic rings. The molecule has 9 nitrogen and oxygen atoms in total. The van der Waals surface area contributed by atoms with Crippen molar-refractivity contribution in [2.75, 3.05) is 19.0 Å². The van der Waals surface area contributed by atoms with Gasteiger partial charge in [-0.2, -0.15) is 5.10 Å². The number of ether oxygens (including phenoxy) is 1. The van der Waals surface area contributed by atoms with E-state index in [0.29, 0.717) is 17.1 Å². The molecule has 2 heterocycles. The lowest BCUT2D eigenvalue weighted by molar-refractivity contribution is -0.131. The van der Waals surface area contributed by atoms with Crippen LogP contribution < -0.4 is 15.4 Å². The lowest BCUT2D eigenvalue weighted by Crippen LogP contribution is -2.38. The summed E-state index contributed by atoms with van der Waals surface area (Å²) in [4.78, 5) is 29.6. The fourth-order valence-electron chi connectivity index (χ4n) is 3.52. The Hall–Kier alpha value is -3.95. The minimum Gasteiger partial charge on any atom is -0.481 e. The molecule has 0 atom stereocenters. The van der Waals surface area contributed by atoms with Crippen LogP contribution in [0.25, 0.3) is 16.6 Å². The molecule has 0 fully saturated rings. The zero-order valence-corrected chi connectivity index (χ0v) is 20.8. The van der Waals surface area contributed by atoms with Crippen LogP contribution >= 0.6 is 11.6 Å². The highest BCUT2D eigenvalue weighted by molar-refractivity contribution is 6.34. The van der Waals surface area contributed by atoms with Gasteiger partial charge in [-0.05, 0) is 49.7 Å². The maximum Gasteiger partial charge on any atom is 0.257 e. The standard InChI is InChI=1S/C26H26ClN5O4/c1-26(2,15-33)25(35)29-12-16-7-9-20(27)18(11-16)24(34)31-21-5-4-6-22-19(21)14-30-32(22)17-8-10-23(36-3)28-13-17/h4-11,13-14,33H,12,15H2,1-3H3,(H,29,35)(H,31,34). The Labute approximate surface area is 213 Å². The molecule has 4 rings (SSSR count). The molecule has 0 aliphatic carbocycles. The summed E-state index contributed by atoms with van der Waals surface area (Å²) in [7, 11) is 1.55. The minimum atomic E-state index is -0.905. The summed E-state index contributed by atoms with van der Waals surface area (Å²) in [5.74, 6) is -0.184. The number of rotatable bonds is 8. The number of aromatic nitrogens is 3. The van der Waals surface area contributed by atoms with E-state index in [0.717, 1.165) is 16.6 Å². The van der Waals surface area contributed by atoms with Crippen LogP contribution in [0.15, 0.2) is 60.9 Å². The molecule has 0 saturated carbocycles. The van der Waals surface area contributed by atoms with Gasteiger partial charge in [0.25, 0.3) is 5.91 Å². The van der Waals surface area contributed by atoms with Gasteiger partial charge in [0.2, 0.25) is 11.8 Å². The van der Waals surface area contributed by atoms with E-state index in [1.54, 1.807) is 68.4 Å². The fraction of sp³-hybridized carbons (Fsp3) is 0.231. The number of halogens is 1. The van der Waals surface area contributed by atoms with Crippen LogP contribution in [0.1, 0.15) is 29.8 Å². The van der Waals surface area contributed by atoms with E-state index < -0.39 is 11.3 Å². The van der Waals surface area contributed by atoms with Crippen molar-refractivity contribution in [3.05, 3.63) is 77.1 Å². The molecule has 0 bridgehead atoms. The number of hydrogen-bond acceptors (Lipinski definition) is 6. The van der Waals surface area contributed by atoms with Gasteiger partial charge in [0.1, 0.15) is 0 Å². The molecule has 2 amide bonds. The molecular weight excluding hydrogens is 482 g/mol. The number of anilines is 1. The number of amides is 2. The van der Waals surface area contributed by atoms with Crippen LogP contribution in [0, 0.1) is 5.41 Å². The van der Waals surface area contributed by atoms with Crippen LogP contribution in [0.3, 0.4) is 0 Å². The largest absolute Gasteiger partial charge is 0.481 e. The van der Waals surface area contributed by atoms with Crippen molar-refractivity contribution >= 4 is 40.0 Å². The van der Waals surface area contributed by atoms with E-state index >= 15 is 0 Å². The van der Waals surface area contributed by atoms with Gasteiger partial charge >= 0.3 is 0 Å². The Morgan fingerprint density at radius 1 is 1.14 bits per heavy atom. The van der Waals surface area contributed by atoms with Gasteiger partial charge in [-0.25, -0.2) is 9.67 Å². The minimum absolute atomic E-state index is 0.192. The Morgan fingerprint density at radius 2 is 1.94 bits per heavy atom. The molecule has 0 spiro atoms. The average molecular weight is 508 g/mol. The van der Waals surface area contributed by atoms with Gasteiger partial charge in [0, 0.05) is 18.0 Å². The second-order valence-electron chi connectivity index (χ2n) is 8.85. The molecule has 3 N–H and O–H groups in total. The topological polar surface area (TPSA) is 118 Å². The third-order valence-corrected chi connectivity index (χ3v) is 6.10. The van der Waals surface area contributed by atoms with Crippen LogP contribution in [0.2, 0.25) is 5.02 Å². The number of carbonyl (C=O) groups excluding carboxylic acids is 2. The monoisotopic (exact) mass is 507 g/mol. The Kier molecular flexibility index (Phi) is 7.23. The SMILES string of the molecule is COc1ccc(-n2ncc3c(NC(=O)c4cc(CNC(=O)C(C)(C)CO)ccc4Cl)cccc32)cn1. The van der Waals surface area contributed by atoms with Crippen molar-refractivity contribution in [1.29, 1.82) is 0 Å². The number of methoxy groups -OCH3 is 1. The van der Waals surface area contributed by atoms with Crippen molar-refractivity contribution in [3.63, 3.8) is 0 Å². The number of nitrogens with zero attached hydrogens (tertiary/aromatic N) is 3. The summed E-state index contributed by atoms with van der Waals surface area (Å²) in [6, 6.07) is 14.1. The first kappa shape index (κ1) is 25.2. The summed E-state index contributed by atoms with van der Waals surface area (Å²) in [6.45, 7) is 3.22. The normalized spacial score (nSPS) is 11.4. The molecule has 2 aromatic carbocycles. The Bertz CT molecular complexity index is 1420. The third kappa shape index (κ3) is 5.17. The van der Waals surface area contributed by atoms with Crippen LogP contribution in [-0.2, 0) is 11.3 Å². The second-order valence-corrected chi connectivity index (χ2v) is 9.25. The summed E-state index contributed by atoms with van der Waals surface area (Å²) >= 11 is 6.33. The van der Waals surface area contributed by atoms with E-state index in [2.05, 4.69) is 20.7 Å². The highest BCUT2D eigenvalue weighted by atomic mass is 35.5. The van der Waals surface area contributed by atoms with Crippen molar-refractivity contribution in [2.45, 2.75) is 20.4 Å². The summed E-state index contributed by atoms with van der Waals surface area (Å²) in [5.41, 5.74) is 2.17. The van der Waals surface area contributed by atoms with Crippen molar-refractivity contribution in [3.8, 4) is 11.6 Å². The highest BCUT2D eigenvalue weighted by Crippen LogP contribution is 2.27. The van der Waals surface area contributed by atoms with Gasteiger partial charge in [0.05, 0.1) is 59.0 Å². The first-order chi connectivity index (χ1) is 17.2. The first-order valence-electron chi connectivity index (χ1n) is 11.2. The van der Waals surface area contributed by atoms with E-state index in [1.807, 2.05) is 18.2 Å². The molecule has 0 aliphatic heterocycles. The van der Waals surface area contributed by atoms with E-state index in [9.17, 15) is 14.7 Å². The van der Waals surface area contributed by atoms with Crippen molar-refractivity contribution in [1.82, 2.24) is 20.1 Å². The molecule has 0 unspecified atom stereocenters. The smallest absolute Gasteiger partial charge is 0.257 e. The number of benzene rings is 2. The maximum atomic E-state index is 13.2. The molecule has 186 valence electrons. The van der Waals surface area contributed by atoms with Crippen LogP contribution in [0.5, 0.6) is 5.88 Å². The molecule has 10 heteroatoms. The van der Waals surface area contributed by atoms with Crippen molar-refractivity contribution in [2.24, 2.45) is 5.41 Å². The van der Waals surface area contributed by atoms with Gasteiger partial charge in [-0.1, -0.05) is 23.7 Å². The number of fused-ring (bicyclic) bond motifs is 1. The second kappa shape index (κ2) is 10.3.